The first kappa shape index (κ1) is 16.4. The minimum Gasteiger partial charge on any atom is -0.361 e. The van der Waals surface area contributed by atoms with Gasteiger partial charge in [-0.15, -0.1) is 0 Å². The van der Waals surface area contributed by atoms with E-state index in [-0.39, 0.29) is 0 Å². The van der Waals surface area contributed by atoms with E-state index in [0.29, 0.717) is 6.73 Å². The summed E-state index contributed by atoms with van der Waals surface area (Å²) in [6, 6.07) is 1.18. The lowest BCUT2D eigenvalue weighted by atomic mass is 10.4. The molecule has 2 aromatic heterocycles. The Morgan fingerprint density at radius 3 is 2.70 bits per heavy atom. The molecule has 4 nitrogen and oxygen atoms in total. The fraction of sp³-hybridized carbons (Fsp3) is 0.538. The van der Waals surface area contributed by atoms with E-state index < -0.39 is 8.07 Å². The molecular formula is C13H19BrIN3OSi. The Hall–Kier alpha value is 0.00688. The average Bonchev–Trinajstić information content (AvgIpc) is 2.62. The largest absolute Gasteiger partial charge is 0.361 e. The number of fused-ring (bicyclic) bond motifs is 1. The Labute approximate surface area is 142 Å². The van der Waals surface area contributed by atoms with Crippen molar-refractivity contribution in [1.82, 2.24) is 14.5 Å². The highest BCUT2D eigenvalue weighted by Gasteiger charge is 2.14. The van der Waals surface area contributed by atoms with E-state index in [1.165, 1.54) is 6.04 Å². The molecule has 0 unspecified atom stereocenters. The van der Waals surface area contributed by atoms with Gasteiger partial charge in [0.05, 0.1) is 9.26 Å². The molecule has 0 aliphatic carbocycles. The summed E-state index contributed by atoms with van der Waals surface area (Å²) >= 11 is 5.72. The monoisotopic (exact) mass is 467 g/mol. The first-order valence-electron chi connectivity index (χ1n) is 6.54. The summed E-state index contributed by atoms with van der Waals surface area (Å²) in [5.74, 6) is 0. The van der Waals surface area contributed by atoms with Gasteiger partial charge in [-0.1, -0.05) is 19.6 Å². The number of nitrogens with zero attached hydrogens (tertiary/aromatic N) is 3. The summed E-state index contributed by atoms with van der Waals surface area (Å²) in [5, 5.41) is 0. The van der Waals surface area contributed by atoms with Crippen LogP contribution in [0.1, 0.15) is 5.69 Å². The lowest BCUT2D eigenvalue weighted by Gasteiger charge is -2.15. The number of halogens is 2. The average molecular weight is 468 g/mol. The molecule has 110 valence electrons. The van der Waals surface area contributed by atoms with Gasteiger partial charge in [0, 0.05) is 20.9 Å². The van der Waals surface area contributed by atoms with Gasteiger partial charge < -0.3 is 9.30 Å². The number of rotatable bonds is 5. The molecule has 0 saturated carbocycles. The predicted molar refractivity (Wildman–Crippen MR) is 96.8 cm³/mol. The smallest absolute Gasteiger partial charge is 0.162 e. The van der Waals surface area contributed by atoms with Crippen molar-refractivity contribution in [2.24, 2.45) is 0 Å². The summed E-state index contributed by atoms with van der Waals surface area (Å²) in [7, 11) is -1.03. The lowest BCUT2D eigenvalue weighted by Crippen LogP contribution is -2.22. The minimum atomic E-state index is -1.03. The number of aromatic nitrogens is 3. The van der Waals surface area contributed by atoms with E-state index in [4.69, 9.17) is 4.74 Å². The van der Waals surface area contributed by atoms with Crippen molar-refractivity contribution in [2.45, 2.75) is 39.3 Å². The molecule has 0 saturated heterocycles. The highest BCUT2D eigenvalue weighted by molar-refractivity contribution is 14.1. The van der Waals surface area contributed by atoms with Crippen LogP contribution in [0, 0.1) is 10.5 Å². The fourth-order valence-electron chi connectivity index (χ4n) is 1.75. The van der Waals surface area contributed by atoms with Gasteiger partial charge in [-0.05, 0) is 51.5 Å². The Balaban J connectivity index is 2.13. The summed E-state index contributed by atoms with van der Waals surface area (Å²) in [6.45, 7) is 10.4. The van der Waals surface area contributed by atoms with E-state index in [1.807, 2.05) is 17.7 Å². The molecule has 20 heavy (non-hydrogen) atoms. The highest BCUT2D eigenvalue weighted by atomic mass is 127. The van der Waals surface area contributed by atoms with Crippen LogP contribution >= 0.6 is 38.5 Å². The number of ether oxygens (including phenoxy) is 1. The second kappa shape index (κ2) is 6.41. The molecule has 0 aromatic carbocycles. The van der Waals surface area contributed by atoms with Gasteiger partial charge >= 0.3 is 0 Å². The molecule has 7 heteroatoms. The first-order chi connectivity index (χ1) is 9.28. The predicted octanol–water partition coefficient (Wildman–Crippen LogP) is 4.42. The van der Waals surface area contributed by atoms with Crippen LogP contribution in [0.5, 0.6) is 0 Å². The van der Waals surface area contributed by atoms with Crippen LogP contribution < -0.4 is 0 Å². The molecule has 0 fully saturated rings. The Morgan fingerprint density at radius 2 is 2.05 bits per heavy atom. The van der Waals surface area contributed by atoms with Gasteiger partial charge in [0.1, 0.15) is 16.9 Å². The van der Waals surface area contributed by atoms with Crippen molar-refractivity contribution in [2.75, 3.05) is 6.61 Å². The van der Waals surface area contributed by atoms with Crippen LogP contribution in [0.15, 0.2) is 10.8 Å². The summed E-state index contributed by atoms with van der Waals surface area (Å²) in [4.78, 5) is 9.14. The van der Waals surface area contributed by atoms with Crippen molar-refractivity contribution < 1.29 is 4.74 Å². The van der Waals surface area contributed by atoms with Crippen molar-refractivity contribution in [3.05, 3.63) is 20.1 Å². The maximum absolute atomic E-state index is 5.80. The minimum absolute atomic E-state index is 0.541. The Morgan fingerprint density at radius 1 is 1.35 bits per heavy atom. The van der Waals surface area contributed by atoms with Crippen LogP contribution in [-0.2, 0) is 11.5 Å². The molecule has 2 rings (SSSR count). The Kier molecular flexibility index (Phi) is 5.25. The molecule has 2 heterocycles. The summed E-state index contributed by atoms with van der Waals surface area (Å²) < 4.78 is 9.74. The molecule has 0 aliphatic heterocycles. The number of aryl methyl sites for hydroxylation is 1. The van der Waals surface area contributed by atoms with Gasteiger partial charge in [0.25, 0.3) is 0 Å². The van der Waals surface area contributed by atoms with E-state index >= 15 is 0 Å². The fourth-order valence-corrected chi connectivity index (χ4v) is 3.47. The number of hydrogen-bond donors (Lipinski definition) is 0. The molecule has 2 aromatic rings. The first-order valence-corrected chi connectivity index (χ1v) is 12.1. The van der Waals surface area contributed by atoms with Crippen LogP contribution in [0.25, 0.3) is 11.2 Å². The van der Waals surface area contributed by atoms with E-state index in [0.717, 1.165) is 31.6 Å². The van der Waals surface area contributed by atoms with Gasteiger partial charge in [0.2, 0.25) is 0 Å². The van der Waals surface area contributed by atoms with Crippen molar-refractivity contribution >= 4 is 57.8 Å². The van der Waals surface area contributed by atoms with Crippen molar-refractivity contribution in [1.29, 1.82) is 0 Å². The van der Waals surface area contributed by atoms with Gasteiger partial charge in [0.15, 0.2) is 5.65 Å². The second-order valence-electron chi connectivity index (χ2n) is 6.07. The zero-order chi connectivity index (χ0) is 14.9. The third-order valence-electron chi connectivity index (χ3n) is 2.99. The topological polar surface area (TPSA) is 39.9 Å². The van der Waals surface area contributed by atoms with Crippen molar-refractivity contribution in [3.63, 3.8) is 0 Å². The summed E-state index contributed by atoms with van der Waals surface area (Å²) in [6.07, 6.45) is 2.05. The highest BCUT2D eigenvalue weighted by Crippen LogP contribution is 2.23. The normalized spacial score (nSPS) is 12.3. The van der Waals surface area contributed by atoms with E-state index in [1.54, 1.807) is 0 Å². The van der Waals surface area contributed by atoms with Crippen LogP contribution in [0.3, 0.4) is 0 Å². The zero-order valence-electron chi connectivity index (χ0n) is 12.2. The van der Waals surface area contributed by atoms with Crippen molar-refractivity contribution in [3.8, 4) is 0 Å². The third-order valence-corrected chi connectivity index (χ3v) is 6.23. The van der Waals surface area contributed by atoms with Crippen LogP contribution in [-0.4, -0.2) is 29.2 Å². The van der Waals surface area contributed by atoms with Gasteiger partial charge in [-0.2, -0.15) is 0 Å². The molecule has 0 atom stereocenters. The van der Waals surface area contributed by atoms with Crippen LogP contribution in [0.2, 0.25) is 25.7 Å². The number of hydrogen-bond acceptors (Lipinski definition) is 3. The molecule has 0 bridgehead atoms. The molecule has 0 amide bonds. The third kappa shape index (κ3) is 4.02. The maximum atomic E-state index is 5.80. The SMILES string of the molecule is Cc1nc2c(nc1Br)c(I)cn2COCC[Si](C)(C)C. The van der Waals surface area contributed by atoms with Crippen LogP contribution in [0.4, 0.5) is 0 Å². The molecule has 0 radical (unpaired) electrons. The van der Waals surface area contributed by atoms with Gasteiger partial charge in [-0.25, -0.2) is 9.97 Å². The quantitative estimate of drug-likeness (QED) is 0.371. The molecule has 0 N–H and O–H groups in total. The second-order valence-corrected chi connectivity index (χ2v) is 13.6. The standard InChI is InChI=1S/C13H19BrIN3OSi/c1-9-12(14)17-11-10(15)7-18(13(11)16-9)8-19-5-6-20(2,3)4/h7H,5-6,8H2,1-4H3. The van der Waals surface area contributed by atoms with E-state index in [9.17, 15) is 0 Å². The molecular weight excluding hydrogens is 449 g/mol. The molecule has 0 aliphatic rings. The zero-order valence-corrected chi connectivity index (χ0v) is 16.9. The van der Waals surface area contributed by atoms with E-state index in [2.05, 4.69) is 68.1 Å². The van der Waals surface area contributed by atoms with Gasteiger partial charge in [-0.3, -0.25) is 0 Å². The Bertz CT molecular complexity index is 624. The molecule has 0 spiro atoms. The summed E-state index contributed by atoms with van der Waals surface area (Å²) in [5.41, 5.74) is 2.72. The maximum Gasteiger partial charge on any atom is 0.162 e. The lowest BCUT2D eigenvalue weighted by molar-refractivity contribution is 0.0898.